The zero-order valence-electron chi connectivity index (χ0n) is 16.5. The second kappa shape index (κ2) is 11.4. The maximum Gasteiger partial charge on any atom is 0.242 e. The number of carbonyl (C=O) groups is 2. The summed E-state index contributed by atoms with van der Waals surface area (Å²) in [6.45, 7) is 4.51. The standard InChI is InChI=1S/C19H30N4O2.2ClH/c1-13(2)18(20)19(25)21-12-17(24)23-10-6-9-16(23)14-7-5-8-15(11-14)22(3)4;;/h5,7-8,11,13,16,18H,6,9-10,12,20H2,1-4H3,(H,21,25);2*1H/t16?,18-;;/m0../s1. The summed E-state index contributed by atoms with van der Waals surface area (Å²) in [4.78, 5) is 28.5. The lowest BCUT2D eigenvalue weighted by atomic mass is 10.0. The quantitative estimate of drug-likeness (QED) is 0.742. The minimum atomic E-state index is -0.584. The Morgan fingerprint density at radius 2 is 1.96 bits per heavy atom. The van der Waals surface area contributed by atoms with Crippen LogP contribution in [0.5, 0.6) is 0 Å². The number of likely N-dealkylation sites (tertiary alicyclic amines) is 1. The Balaban J connectivity index is 0.00000338. The molecule has 1 aliphatic rings. The summed E-state index contributed by atoms with van der Waals surface area (Å²) in [6.07, 6.45) is 1.92. The van der Waals surface area contributed by atoms with Gasteiger partial charge in [-0.25, -0.2) is 0 Å². The Labute approximate surface area is 174 Å². The third-order valence-electron chi connectivity index (χ3n) is 4.78. The lowest BCUT2D eigenvalue weighted by Gasteiger charge is -2.26. The van der Waals surface area contributed by atoms with Gasteiger partial charge in [-0.15, -0.1) is 24.8 Å². The molecule has 2 amide bonds. The number of benzene rings is 1. The molecule has 6 nitrogen and oxygen atoms in total. The van der Waals surface area contributed by atoms with Crippen LogP contribution in [-0.2, 0) is 9.59 Å². The van der Waals surface area contributed by atoms with Crippen molar-refractivity contribution in [2.45, 2.75) is 38.8 Å². The predicted molar refractivity (Wildman–Crippen MR) is 115 cm³/mol. The predicted octanol–water partition coefficient (Wildman–Crippen LogP) is 2.36. The first kappa shape index (κ1) is 25.5. The van der Waals surface area contributed by atoms with Gasteiger partial charge in [-0.1, -0.05) is 26.0 Å². The molecule has 27 heavy (non-hydrogen) atoms. The van der Waals surface area contributed by atoms with Crippen molar-refractivity contribution in [1.29, 1.82) is 0 Å². The summed E-state index contributed by atoms with van der Waals surface area (Å²) in [7, 11) is 4.01. The fraction of sp³-hybridized carbons (Fsp3) is 0.579. The van der Waals surface area contributed by atoms with Crippen molar-refractivity contribution in [3.63, 3.8) is 0 Å². The van der Waals surface area contributed by atoms with Gasteiger partial charge in [-0.2, -0.15) is 0 Å². The third-order valence-corrected chi connectivity index (χ3v) is 4.78. The van der Waals surface area contributed by atoms with Crippen LogP contribution in [0.4, 0.5) is 5.69 Å². The van der Waals surface area contributed by atoms with Gasteiger partial charge in [-0.3, -0.25) is 9.59 Å². The minimum absolute atomic E-state index is 0. The van der Waals surface area contributed by atoms with Gasteiger partial charge in [0.2, 0.25) is 11.8 Å². The molecule has 0 saturated carbocycles. The summed E-state index contributed by atoms with van der Waals surface area (Å²) < 4.78 is 0. The van der Waals surface area contributed by atoms with E-state index in [4.69, 9.17) is 5.73 Å². The highest BCUT2D eigenvalue weighted by Crippen LogP contribution is 2.33. The van der Waals surface area contributed by atoms with Crippen molar-refractivity contribution in [1.82, 2.24) is 10.2 Å². The molecule has 1 aliphatic heterocycles. The van der Waals surface area contributed by atoms with Crippen LogP contribution < -0.4 is 16.0 Å². The number of halogens is 2. The summed E-state index contributed by atoms with van der Waals surface area (Å²) in [6, 6.07) is 7.76. The fourth-order valence-corrected chi connectivity index (χ4v) is 3.11. The van der Waals surface area contributed by atoms with Crippen molar-refractivity contribution in [2.24, 2.45) is 11.7 Å². The number of nitrogens with two attached hydrogens (primary N) is 1. The normalized spacial score (nSPS) is 17.0. The van der Waals surface area contributed by atoms with E-state index < -0.39 is 6.04 Å². The number of carbonyl (C=O) groups excluding carboxylic acids is 2. The van der Waals surface area contributed by atoms with Gasteiger partial charge in [0.15, 0.2) is 0 Å². The van der Waals surface area contributed by atoms with E-state index in [0.29, 0.717) is 0 Å². The molecule has 3 N–H and O–H groups in total. The van der Waals surface area contributed by atoms with E-state index in [1.165, 1.54) is 0 Å². The van der Waals surface area contributed by atoms with E-state index in [1.54, 1.807) is 0 Å². The molecule has 0 bridgehead atoms. The number of amides is 2. The van der Waals surface area contributed by atoms with Crippen LogP contribution in [-0.4, -0.2) is 49.9 Å². The molecule has 2 atom stereocenters. The minimum Gasteiger partial charge on any atom is -0.378 e. The number of nitrogens with one attached hydrogen (secondary N) is 1. The van der Waals surface area contributed by atoms with Crippen LogP contribution in [0.15, 0.2) is 24.3 Å². The van der Waals surface area contributed by atoms with Crippen molar-refractivity contribution in [3.8, 4) is 0 Å². The highest BCUT2D eigenvalue weighted by molar-refractivity contribution is 5.87. The molecule has 1 fully saturated rings. The lowest BCUT2D eigenvalue weighted by molar-refractivity contribution is -0.134. The Kier molecular flexibility index (Phi) is 10.7. The number of nitrogens with zero attached hydrogens (tertiary/aromatic N) is 2. The van der Waals surface area contributed by atoms with Crippen LogP contribution in [0.2, 0.25) is 0 Å². The molecule has 0 aromatic heterocycles. The average Bonchev–Trinajstić information content (AvgIpc) is 3.08. The van der Waals surface area contributed by atoms with Crippen LogP contribution in [0, 0.1) is 5.92 Å². The fourth-order valence-electron chi connectivity index (χ4n) is 3.11. The van der Waals surface area contributed by atoms with Gasteiger partial charge in [0, 0.05) is 26.3 Å². The average molecular weight is 419 g/mol. The molecule has 1 heterocycles. The summed E-state index contributed by atoms with van der Waals surface area (Å²) in [5.74, 6) is -0.279. The second-order valence-electron chi connectivity index (χ2n) is 7.22. The number of hydrogen-bond donors (Lipinski definition) is 2. The first-order valence-electron chi connectivity index (χ1n) is 8.91. The zero-order chi connectivity index (χ0) is 18.6. The molecule has 0 spiro atoms. The Morgan fingerprint density at radius 3 is 2.56 bits per heavy atom. The van der Waals surface area contributed by atoms with Gasteiger partial charge in [0.1, 0.15) is 0 Å². The van der Waals surface area contributed by atoms with Crippen molar-refractivity contribution in [2.75, 3.05) is 32.1 Å². The molecule has 8 heteroatoms. The summed E-state index contributed by atoms with van der Waals surface area (Å²) in [5.41, 5.74) is 8.08. The third kappa shape index (κ3) is 6.55. The van der Waals surface area contributed by atoms with Gasteiger partial charge in [-0.05, 0) is 36.5 Å². The number of hydrogen-bond acceptors (Lipinski definition) is 4. The van der Waals surface area contributed by atoms with Gasteiger partial charge >= 0.3 is 0 Å². The number of anilines is 1. The highest BCUT2D eigenvalue weighted by atomic mass is 35.5. The number of rotatable bonds is 6. The monoisotopic (exact) mass is 418 g/mol. The van der Waals surface area contributed by atoms with Crippen LogP contribution in [0.1, 0.15) is 38.3 Å². The molecule has 1 unspecified atom stereocenters. The topological polar surface area (TPSA) is 78.7 Å². The van der Waals surface area contributed by atoms with Gasteiger partial charge in [0.05, 0.1) is 18.6 Å². The van der Waals surface area contributed by atoms with E-state index in [0.717, 1.165) is 30.6 Å². The maximum absolute atomic E-state index is 12.6. The Morgan fingerprint density at radius 1 is 1.30 bits per heavy atom. The molecule has 2 rings (SSSR count). The molecule has 1 saturated heterocycles. The molecule has 0 radical (unpaired) electrons. The van der Waals surface area contributed by atoms with E-state index in [2.05, 4.69) is 28.4 Å². The van der Waals surface area contributed by atoms with Crippen molar-refractivity contribution >= 4 is 42.3 Å². The van der Waals surface area contributed by atoms with Crippen LogP contribution in [0.3, 0.4) is 0 Å². The Hall–Kier alpha value is -1.50. The largest absolute Gasteiger partial charge is 0.378 e. The van der Waals surface area contributed by atoms with E-state index in [-0.39, 0.29) is 55.1 Å². The molecular formula is C19H32Cl2N4O2. The van der Waals surface area contributed by atoms with E-state index in [9.17, 15) is 9.59 Å². The van der Waals surface area contributed by atoms with E-state index >= 15 is 0 Å². The van der Waals surface area contributed by atoms with E-state index in [1.807, 2.05) is 38.9 Å². The van der Waals surface area contributed by atoms with Crippen molar-refractivity contribution in [3.05, 3.63) is 29.8 Å². The first-order chi connectivity index (χ1) is 11.8. The lowest BCUT2D eigenvalue weighted by Crippen LogP contribution is -2.47. The van der Waals surface area contributed by atoms with Gasteiger partial charge in [0.25, 0.3) is 0 Å². The summed E-state index contributed by atoms with van der Waals surface area (Å²) >= 11 is 0. The first-order valence-corrected chi connectivity index (χ1v) is 8.91. The molecule has 1 aromatic carbocycles. The molecule has 1 aromatic rings. The van der Waals surface area contributed by atoms with Crippen molar-refractivity contribution < 1.29 is 9.59 Å². The highest BCUT2D eigenvalue weighted by Gasteiger charge is 2.30. The molecular weight excluding hydrogens is 387 g/mol. The maximum atomic E-state index is 12.6. The Bertz CT molecular complexity index is 625. The van der Waals surface area contributed by atoms with Gasteiger partial charge < -0.3 is 20.9 Å². The SMILES string of the molecule is CC(C)[C@H](N)C(=O)NCC(=O)N1CCCC1c1cccc(N(C)C)c1.Cl.Cl. The van der Waals surface area contributed by atoms with Crippen LogP contribution in [0.25, 0.3) is 0 Å². The summed E-state index contributed by atoms with van der Waals surface area (Å²) in [5, 5.41) is 2.68. The second-order valence-corrected chi connectivity index (χ2v) is 7.22. The molecule has 154 valence electrons. The smallest absolute Gasteiger partial charge is 0.242 e. The van der Waals surface area contributed by atoms with Crippen LogP contribution >= 0.6 is 24.8 Å². The molecule has 0 aliphatic carbocycles. The zero-order valence-corrected chi connectivity index (χ0v) is 18.1.